The van der Waals surface area contributed by atoms with E-state index in [9.17, 15) is 14.9 Å². The molecule has 0 unspecified atom stereocenters. The predicted octanol–water partition coefficient (Wildman–Crippen LogP) is 3.51. The van der Waals surface area contributed by atoms with Gasteiger partial charge in [0.1, 0.15) is 18.1 Å². The number of ketones is 1. The number of nitro groups is 1. The van der Waals surface area contributed by atoms with E-state index >= 15 is 0 Å². The fourth-order valence-electron chi connectivity index (χ4n) is 2.58. The molecule has 0 bridgehead atoms. The third-order valence-corrected chi connectivity index (χ3v) is 4.21. The van der Waals surface area contributed by atoms with Crippen molar-refractivity contribution in [2.45, 2.75) is 26.9 Å². The average Bonchev–Trinajstić information content (AvgIpc) is 3.32. The molecule has 0 saturated heterocycles. The monoisotopic (exact) mass is 389 g/mol. The first-order valence-electron chi connectivity index (χ1n) is 8.10. The third kappa shape index (κ3) is 3.98. The molecule has 0 aliphatic carbocycles. The second-order valence-corrected chi connectivity index (χ2v) is 6.12. The van der Waals surface area contributed by atoms with Crippen molar-refractivity contribution in [1.82, 2.24) is 19.6 Å². The molecule has 3 heterocycles. The van der Waals surface area contributed by atoms with Crippen molar-refractivity contribution in [3.8, 4) is 0 Å². The molecule has 0 amide bonds. The zero-order valence-corrected chi connectivity index (χ0v) is 15.4. The zero-order valence-electron chi connectivity index (χ0n) is 14.6. The van der Waals surface area contributed by atoms with E-state index in [1.165, 1.54) is 17.0 Å². The van der Waals surface area contributed by atoms with E-state index in [1.807, 2.05) is 13.8 Å². The van der Waals surface area contributed by atoms with Crippen molar-refractivity contribution in [2.24, 2.45) is 0 Å². The number of allylic oxidation sites excluding steroid dienone is 1. The van der Waals surface area contributed by atoms with Crippen LogP contribution in [0.2, 0.25) is 5.02 Å². The van der Waals surface area contributed by atoms with Gasteiger partial charge in [-0.2, -0.15) is 9.78 Å². The molecule has 3 aromatic heterocycles. The van der Waals surface area contributed by atoms with Gasteiger partial charge in [-0.25, -0.2) is 0 Å². The smallest absolute Gasteiger partial charge is 0.408 e. The van der Waals surface area contributed by atoms with Crippen molar-refractivity contribution in [2.75, 3.05) is 0 Å². The highest BCUT2D eigenvalue weighted by Gasteiger charge is 2.19. The summed E-state index contributed by atoms with van der Waals surface area (Å²) in [6.07, 6.45) is 5.89. The van der Waals surface area contributed by atoms with Gasteiger partial charge in [0.15, 0.2) is 10.8 Å². The molecule has 10 heteroatoms. The molecule has 3 rings (SSSR count). The molecule has 0 atom stereocenters. The van der Waals surface area contributed by atoms with Crippen LogP contribution in [-0.2, 0) is 13.1 Å². The number of hydrogen-bond acceptors (Lipinski definition) is 6. The van der Waals surface area contributed by atoms with Gasteiger partial charge in [-0.15, -0.1) is 0 Å². The van der Waals surface area contributed by atoms with Crippen LogP contribution in [0.3, 0.4) is 0 Å². The molecule has 0 aliphatic rings. The fraction of sp³-hybridized carbons (Fsp3) is 0.235. The minimum Gasteiger partial charge on any atom is -0.460 e. The Hall–Kier alpha value is -3.20. The summed E-state index contributed by atoms with van der Waals surface area (Å²) in [5.74, 6) is 0.425. The Labute approximate surface area is 159 Å². The van der Waals surface area contributed by atoms with Gasteiger partial charge in [-0.05, 0) is 43.1 Å². The maximum absolute atomic E-state index is 12.3. The van der Waals surface area contributed by atoms with Crippen LogP contribution in [0.25, 0.3) is 6.08 Å². The second kappa shape index (κ2) is 7.58. The SMILES string of the molecule is CCn1ncc(C(=O)/C=C/c2ccc(Cn3cc(Cl)c([N+](=O)[O-])n3)o2)c1C. The minimum absolute atomic E-state index is 0.0414. The lowest BCUT2D eigenvalue weighted by Gasteiger charge is -1.99. The Bertz CT molecular complexity index is 1030. The van der Waals surface area contributed by atoms with Gasteiger partial charge in [-0.3, -0.25) is 9.48 Å². The van der Waals surface area contributed by atoms with Crippen molar-refractivity contribution >= 4 is 29.3 Å². The highest BCUT2D eigenvalue weighted by atomic mass is 35.5. The first-order valence-corrected chi connectivity index (χ1v) is 8.47. The van der Waals surface area contributed by atoms with Gasteiger partial charge in [0.2, 0.25) is 0 Å². The van der Waals surface area contributed by atoms with Crippen molar-refractivity contribution < 1.29 is 14.1 Å². The standard InChI is InChI=1S/C17H16ClN5O4/c1-3-22-11(2)14(8-19-22)16(24)7-6-12-4-5-13(27-12)9-21-10-15(18)17(20-21)23(25)26/h4-8,10H,3,9H2,1-2H3/b7-6+. The highest BCUT2D eigenvalue weighted by molar-refractivity contribution is 6.32. The summed E-state index contributed by atoms with van der Waals surface area (Å²) in [4.78, 5) is 22.4. The second-order valence-electron chi connectivity index (χ2n) is 5.72. The maximum Gasteiger partial charge on any atom is 0.408 e. The van der Waals surface area contributed by atoms with Crippen LogP contribution in [-0.4, -0.2) is 30.3 Å². The molecule has 0 aromatic carbocycles. The van der Waals surface area contributed by atoms with Crippen LogP contribution in [0.5, 0.6) is 0 Å². The number of rotatable bonds is 7. The van der Waals surface area contributed by atoms with E-state index in [0.717, 1.165) is 5.69 Å². The van der Waals surface area contributed by atoms with Crippen molar-refractivity contribution in [3.05, 3.63) is 68.5 Å². The molecule has 0 saturated carbocycles. The topological polar surface area (TPSA) is 109 Å². The lowest BCUT2D eigenvalue weighted by molar-refractivity contribution is -0.389. The Morgan fingerprint density at radius 1 is 1.44 bits per heavy atom. The Morgan fingerprint density at radius 3 is 2.85 bits per heavy atom. The van der Waals surface area contributed by atoms with E-state index < -0.39 is 10.7 Å². The summed E-state index contributed by atoms with van der Waals surface area (Å²) < 4.78 is 8.68. The molecule has 3 aromatic rings. The van der Waals surface area contributed by atoms with E-state index in [-0.39, 0.29) is 17.4 Å². The summed E-state index contributed by atoms with van der Waals surface area (Å²) >= 11 is 5.77. The zero-order chi connectivity index (χ0) is 19.6. The summed E-state index contributed by atoms with van der Waals surface area (Å²) in [6.45, 7) is 4.67. The molecule has 27 heavy (non-hydrogen) atoms. The molecular weight excluding hydrogens is 374 g/mol. The number of carbonyl (C=O) groups is 1. The van der Waals surface area contributed by atoms with E-state index in [0.29, 0.717) is 23.6 Å². The largest absolute Gasteiger partial charge is 0.460 e. The first kappa shape index (κ1) is 18.6. The normalized spacial score (nSPS) is 11.4. The molecule has 9 nitrogen and oxygen atoms in total. The number of carbonyl (C=O) groups excluding carboxylic acids is 1. The van der Waals surface area contributed by atoms with Crippen molar-refractivity contribution in [3.63, 3.8) is 0 Å². The Balaban J connectivity index is 1.69. The van der Waals surface area contributed by atoms with Crippen LogP contribution in [0.4, 0.5) is 5.82 Å². The van der Waals surface area contributed by atoms with Gasteiger partial charge in [0.05, 0.1) is 23.1 Å². The quantitative estimate of drug-likeness (QED) is 0.265. The highest BCUT2D eigenvalue weighted by Crippen LogP contribution is 2.22. The van der Waals surface area contributed by atoms with Gasteiger partial charge >= 0.3 is 5.82 Å². The number of nitrogens with zero attached hydrogens (tertiary/aromatic N) is 5. The van der Waals surface area contributed by atoms with Gasteiger partial charge in [0, 0.05) is 12.2 Å². The van der Waals surface area contributed by atoms with E-state index in [2.05, 4.69) is 10.2 Å². The van der Waals surface area contributed by atoms with Crippen LogP contribution in [0, 0.1) is 17.0 Å². The number of furan rings is 1. The number of aromatic nitrogens is 4. The van der Waals surface area contributed by atoms with Gasteiger partial charge in [-0.1, -0.05) is 11.6 Å². The van der Waals surface area contributed by atoms with Gasteiger partial charge < -0.3 is 14.5 Å². The first-order chi connectivity index (χ1) is 12.9. The van der Waals surface area contributed by atoms with Crippen LogP contribution in [0.15, 0.2) is 35.0 Å². The Kier molecular flexibility index (Phi) is 5.22. The van der Waals surface area contributed by atoms with Gasteiger partial charge in [0.25, 0.3) is 0 Å². The number of hydrogen-bond donors (Lipinski definition) is 0. The van der Waals surface area contributed by atoms with Crippen LogP contribution in [0.1, 0.15) is 34.5 Å². The summed E-state index contributed by atoms with van der Waals surface area (Å²) in [6, 6.07) is 3.40. The molecule has 0 spiro atoms. The maximum atomic E-state index is 12.3. The molecule has 0 radical (unpaired) electrons. The molecule has 0 fully saturated rings. The van der Waals surface area contributed by atoms with E-state index in [4.69, 9.17) is 16.0 Å². The molecule has 0 N–H and O–H groups in total. The molecule has 0 aliphatic heterocycles. The fourth-order valence-corrected chi connectivity index (χ4v) is 2.79. The summed E-state index contributed by atoms with van der Waals surface area (Å²) in [5, 5.41) is 18.7. The number of halogens is 1. The summed E-state index contributed by atoms with van der Waals surface area (Å²) in [7, 11) is 0. The lowest BCUT2D eigenvalue weighted by atomic mass is 10.1. The molecule has 140 valence electrons. The summed E-state index contributed by atoms with van der Waals surface area (Å²) in [5.41, 5.74) is 1.35. The third-order valence-electron chi connectivity index (χ3n) is 3.94. The number of aryl methyl sites for hydroxylation is 1. The average molecular weight is 390 g/mol. The molecular formula is C17H16ClN5O4. The van der Waals surface area contributed by atoms with Crippen LogP contribution < -0.4 is 0 Å². The predicted molar refractivity (Wildman–Crippen MR) is 97.7 cm³/mol. The van der Waals surface area contributed by atoms with E-state index in [1.54, 1.807) is 29.1 Å². The van der Waals surface area contributed by atoms with Crippen molar-refractivity contribution in [1.29, 1.82) is 0 Å². The lowest BCUT2D eigenvalue weighted by Crippen LogP contribution is -2.01. The van der Waals surface area contributed by atoms with Crippen LogP contribution >= 0.6 is 11.6 Å². The Morgan fingerprint density at radius 2 is 2.22 bits per heavy atom. The minimum atomic E-state index is -0.649.